The lowest BCUT2D eigenvalue weighted by atomic mass is 10.6. The number of fused-ring (bicyclic) bond motifs is 1. The van der Waals surface area contributed by atoms with Gasteiger partial charge in [-0.25, -0.2) is 9.97 Å². The maximum Gasteiger partial charge on any atom is 0.435 e. The fourth-order valence-electron chi connectivity index (χ4n) is 0.836. The summed E-state index contributed by atoms with van der Waals surface area (Å²) in [5.74, 6) is -0.314. The SMILES string of the molecule is O=[N+]([O-])c1nc2ncncc2[nH]1. The van der Waals surface area contributed by atoms with Gasteiger partial charge in [-0.3, -0.25) is 0 Å². The second-order valence-electron chi connectivity index (χ2n) is 2.08. The molecule has 60 valence electrons. The van der Waals surface area contributed by atoms with Crippen LogP contribution in [-0.2, 0) is 0 Å². The first-order valence-electron chi connectivity index (χ1n) is 3.07. The van der Waals surface area contributed by atoms with Crippen LogP contribution in [0.2, 0.25) is 0 Å². The number of hydrogen-bond acceptors (Lipinski definition) is 5. The Hall–Kier alpha value is -2.05. The molecule has 7 heteroatoms. The van der Waals surface area contributed by atoms with E-state index < -0.39 is 4.92 Å². The summed E-state index contributed by atoms with van der Waals surface area (Å²) in [6, 6.07) is 0. The second kappa shape index (κ2) is 2.22. The zero-order valence-corrected chi connectivity index (χ0v) is 5.76. The van der Waals surface area contributed by atoms with Crippen molar-refractivity contribution in [3.05, 3.63) is 22.6 Å². The number of aromatic amines is 1. The van der Waals surface area contributed by atoms with E-state index in [0.29, 0.717) is 11.2 Å². The average Bonchev–Trinajstić information content (AvgIpc) is 2.46. The van der Waals surface area contributed by atoms with Crippen LogP contribution in [-0.4, -0.2) is 24.9 Å². The maximum atomic E-state index is 10.2. The van der Waals surface area contributed by atoms with Crippen LogP contribution < -0.4 is 0 Å². The minimum atomic E-state index is -0.609. The van der Waals surface area contributed by atoms with Gasteiger partial charge >= 0.3 is 5.95 Å². The van der Waals surface area contributed by atoms with Crippen molar-refractivity contribution in [2.75, 3.05) is 0 Å². The van der Waals surface area contributed by atoms with Crippen molar-refractivity contribution < 1.29 is 4.92 Å². The molecule has 12 heavy (non-hydrogen) atoms. The van der Waals surface area contributed by atoms with Crippen molar-refractivity contribution in [2.24, 2.45) is 0 Å². The summed E-state index contributed by atoms with van der Waals surface area (Å²) in [6.07, 6.45) is 2.72. The van der Waals surface area contributed by atoms with Crippen LogP contribution in [0.3, 0.4) is 0 Å². The van der Waals surface area contributed by atoms with Gasteiger partial charge in [0.2, 0.25) is 0 Å². The zero-order chi connectivity index (χ0) is 8.55. The third-order valence-electron chi connectivity index (χ3n) is 1.32. The first kappa shape index (κ1) is 6.65. The number of H-pyrrole nitrogens is 1. The molecular weight excluding hydrogens is 162 g/mol. The van der Waals surface area contributed by atoms with Gasteiger partial charge < -0.3 is 10.1 Å². The van der Waals surface area contributed by atoms with E-state index in [9.17, 15) is 10.1 Å². The molecule has 0 spiro atoms. The van der Waals surface area contributed by atoms with Gasteiger partial charge in [0, 0.05) is 0 Å². The number of aromatic nitrogens is 4. The lowest BCUT2D eigenvalue weighted by Crippen LogP contribution is -1.88. The Balaban J connectivity index is 2.70. The molecule has 0 amide bonds. The molecule has 0 saturated carbocycles. The van der Waals surface area contributed by atoms with E-state index in [1.165, 1.54) is 12.5 Å². The van der Waals surface area contributed by atoms with E-state index in [-0.39, 0.29) is 5.95 Å². The van der Waals surface area contributed by atoms with Crippen LogP contribution in [0.1, 0.15) is 0 Å². The van der Waals surface area contributed by atoms with Crippen LogP contribution in [0, 0.1) is 10.1 Å². The third-order valence-corrected chi connectivity index (χ3v) is 1.32. The van der Waals surface area contributed by atoms with E-state index in [1.54, 1.807) is 0 Å². The van der Waals surface area contributed by atoms with Gasteiger partial charge in [-0.15, -0.1) is 0 Å². The number of rotatable bonds is 1. The summed E-state index contributed by atoms with van der Waals surface area (Å²) < 4.78 is 0. The largest absolute Gasteiger partial charge is 0.435 e. The molecular formula is C5H3N5O2. The Bertz CT molecular complexity index is 403. The number of nitrogens with one attached hydrogen (secondary N) is 1. The van der Waals surface area contributed by atoms with Crippen molar-refractivity contribution in [1.29, 1.82) is 0 Å². The van der Waals surface area contributed by atoms with E-state index in [2.05, 4.69) is 19.9 Å². The monoisotopic (exact) mass is 165 g/mol. The fraction of sp³-hybridized carbons (Fsp3) is 0. The van der Waals surface area contributed by atoms with Gasteiger partial charge in [0.1, 0.15) is 6.33 Å². The van der Waals surface area contributed by atoms with Gasteiger partial charge in [-0.2, -0.15) is 4.98 Å². The van der Waals surface area contributed by atoms with E-state index in [0.717, 1.165) is 0 Å². The van der Waals surface area contributed by atoms with Crippen LogP contribution in [0.25, 0.3) is 11.2 Å². The minimum absolute atomic E-state index is 0.303. The predicted octanol–water partition coefficient (Wildman–Crippen LogP) is 0.261. The fourth-order valence-corrected chi connectivity index (χ4v) is 0.836. The first-order chi connectivity index (χ1) is 5.77. The predicted molar refractivity (Wildman–Crippen MR) is 38.3 cm³/mol. The van der Waals surface area contributed by atoms with Crippen LogP contribution in [0.5, 0.6) is 0 Å². The van der Waals surface area contributed by atoms with Crippen molar-refractivity contribution >= 4 is 17.1 Å². The summed E-state index contributed by atoms with van der Waals surface area (Å²) >= 11 is 0. The molecule has 2 aromatic rings. The molecule has 1 N–H and O–H groups in total. The maximum absolute atomic E-state index is 10.2. The molecule has 0 atom stereocenters. The number of nitrogens with zero attached hydrogens (tertiary/aromatic N) is 4. The van der Waals surface area contributed by atoms with Crippen molar-refractivity contribution in [3.63, 3.8) is 0 Å². The average molecular weight is 165 g/mol. The van der Waals surface area contributed by atoms with Gasteiger partial charge in [-0.05, 0) is 9.91 Å². The highest BCUT2D eigenvalue weighted by Crippen LogP contribution is 2.10. The third kappa shape index (κ3) is 0.875. The summed E-state index contributed by atoms with van der Waals surface area (Å²) in [5, 5.41) is 10.2. The molecule has 0 aliphatic heterocycles. The van der Waals surface area contributed by atoms with Crippen molar-refractivity contribution in [3.8, 4) is 0 Å². The molecule has 2 heterocycles. The van der Waals surface area contributed by atoms with E-state index in [4.69, 9.17) is 0 Å². The molecule has 2 aromatic heterocycles. The van der Waals surface area contributed by atoms with Crippen LogP contribution in [0.4, 0.5) is 5.95 Å². The molecule has 0 unspecified atom stereocenters. The highest BCUT2D eigenvalue weighted by atomic mass is 16.6. The highest BCUT2D eigenvalue weighted by molar-refractivity contribution is 5.70. The van der Waals surface area contributed by atoms with E-state index in [1.807, 2.05) is 0 Å². The Morgan fingerprint density at radius 1 is 1.58 bits per heavy atom. The molecule has 2 rings (SSSR count). The van der Waals surface area contributed by atoms with Crippen molar-refractivity contribution in [2.45, 2.75) is 0 Å². The van der Waals surface area contributed by atoms with Crippen LogP contribution >= 0.6 is 0 Å². The summed E-state index contributed by atoms with van der Waals surface area (Å²) in [6.45, 7) is 0. The molecule has 0 saturated heterocycles. The molecule has 0 aliphatic rings. The Kier molecular flexibility index (Phi) is 1.23. The summed E-state index contributed by atoms with van der Waals surface area (Å²) in [5.41, 5.74) is 0.765. The molecule has 0 aromatic carbocycles. The quantitative estimate of drug-likeness (QED) is 0.482. The number of nitro groups is 1. The topological polar surface area (TPSA) is 97.6 Å². The highest BCUT2D eigenvalue weighted by Gasteiger charge is 2.13. The standard InChI is InChI=1S/C5H3N5O2/c11-10(12)5-8-3-1-6-2-7-4(3)9-5/h1-2H,(H,6,7,8,9). The van der Waals surface area contributed by atoms with Gasteiger partial charge in [0.15, 0.2) is 5.52 Å². The zero-order valence-electron chi connectivity index (χ0n) is 5.76. The normalized spacial score (nSPS) is 10.3. The van der Waals surface area contributed by atoms with Gasteiger partial charge in [0.25, 0.3) is 5.65 Å². The molecule has 0 radical (unpaired) electrons. The Labute approximate surface area is 65.6 Å². The van der Waals surface area contributed by atoms with Gasteiger partial charge in [0.05, 0.1) is 6.20 Å². The molecule has 0 fully saturated rings. The Morgan fingerprint density at radius 3 is 3.08 bits per heavy atom. The van der Waals surface area contributed by atoms with E-state index >= 15 is 0 Å². The molecule has 0 aliphatic carbocycles. The molecule has 7 nitrogen and oxygen atoms in total. The Morgan fingerprint density at radius 2 is 2.42 bits per heavy atom. The van der Waals surface area contributed by atoms with Crippen LogP contribution in [0.15, 0.2) is 12.5 Å². The molecule has 0 bridgehead atoms. The second-order valence-corrected chi connectivity index (χ2v) is 2.08. The number of imidazole rings is 1. The minimum Gasteiger partial charge on any atom is -0.390 e. The first-order valence-corrected chi connectivity index (χ1v) is 3.07. The number of hydrogen-bond donors (Lipinski definition) is 1. The van der Waals surface area contributed by atoms with Gasteiger partial charge in [-0.1, -0.05) is 0 Å². The lowest BCUT2D eigenvalue weighted by Gasteiger charge is -1.84. The lowest BCUT2D eigenvalue weighted by molar-refractivity contribution is -0.393. The summed E-state index contributed by atoms with van der Waals surface area (Å²) in [7, 11) is 0. The van der Waals surface area contributed by atoms with Crippen molar-refractivity contribution in [1.82, 2.24) is 19.9 Å². The smallest absolute Gasteiger partial charge is 0.390 e. The summed E-state index contributed by atoms with van der Waals surface area (Å²) in [4.78, 5) is 23.1.